The topological polar surface area (TPSA) is 30.5 Å². The van der Waals surface area contributed by atoms with Crippen LogP contribution in [0.3, 0.4) is 0 Å². The maximum absolute atomic E-state index is 5.85. The molecule has 1 N–H and O–H groups in total. The van der Waals surface area contributed by atoms with Gasteiger partial charge in [0.2, 0.25) is 0 Å². The lowest BCUT2D eigenvalue weighted by atomic mass is 10.1. The van der Waals surface area contributed by atoms with Gasteiger partial charge in [-0.15, -0.1) is 0 Å². The van der Waals surface area contributed by atoms with Crippen LogP contribution in [0.5, 0.6) is 11.5 Å². The Bertz CT molecular complexity index is 413. The summed E-state index contributed by atoms with van der Waals surface area (Å²) in [5.74, 6) is 1.67. The molecule has 0 heterocycles. The van der Waals surface area contributed by atoms with E-state index in [0.29, 0.717) is 12.6 Å². The summed E-state index contributed by atoms with van der Waals surface area (Å²) in [7, 11) is 1.66. The number of benzene rings is 1. The van der Waals surface area contributed by atoms with Crippen molar-refractivity contribution < 1.29 is 9.47 Å². The molecule has 1 aromatic rings. The van der Waals surface area contributed by atoms with E-state index in [9.17, 15) is 0 Å². The number of hydrogen-bond acceptors (Lipinski definition) is 3. The minimum atomic E-state index is 0.445. The summed E-state index contributed by atoms with van der Waals surface area (Å²) in [6.45, 7) is 11.6. The summed E-state index contributed by atoms with van der Waals surface area (Å²) >= 11 is 0. The van der Waals surface area contributed by atoms with Gasteiger partial charge in [-0.05, 0) is 18.1 Å². The number of methoxy groups -OCH3 is 1. The lowest BCUT2D eigenvalue weighted by Crippen LogP contribution is -2.22. The quantitative estimate of drug-likeness (QED) is 0.728. The van der Waals surface area contributed by atoms with Crippen LogP contribution >= 0.6 is 0 Å². The predicted molar refractivity (Wildman–Crippen MR) is 79.9 cm³/mol. The van der Waals surface area contributed by atoms with Crippen LogP contribution in [0.25, 0.3) is 0 Å². The van der Waals surface area contributed by atoms with Crippen molar-refractivity contribution in [3.63, 3.8) is 0 Å². The molecule has 0 unspecified atom stereocenters. The molecule has 0 radical (unpaired) electrons. The first-order valence-electron chi connectivity index (χ1n) is 6.76. The van der Waals surface area contributed by atoms with E-state index in [4.69, 9.17) is 9.47 Å². The van der Waals surface area contributed by atoms with E-state index < -0.39 is 0 Å². The fourth-order valence-corrected chi connectivity index (χ4v) is 1.54. The van der Waals surface area contributed by atoms with Gasteiger partial charge in [-0.3, -0.25) is 0 Å². The van der Waals surface area contributed by atoms with E-state index in [2.05, 4.69) is 32.7 Å². The van der Waals surface area contributed by atoms with Crippen molar-refractivity contribution in [2.24, 2.45) is 0 Å². The normalized spacial score (nSPS) is 10.6. The summed E-state index contributed by atoms with van der Waals surface area (Å²) in [6.07, 6.45) is 0.934. The highest BCUT2D eigenvalue weighted by molar-refractivity contribution is 5.41. The van der Waals surface area contributed by atoms with Gasteiger partial charge in [-0.25, -0.2) is 0 Å². The molecule has 3 heteroatoms. The Labute approximate surface area is 116 Å². The van der Waals surface area contributed by atoms with Crippen molar-refractivity contribution in [1.82, 2.24) is 5.32 Å². The summed E-state index contributed by atoms with van der Waals surface area (Å²) < 4.78 is 11.1. The predicted octanol–water partition coefficient (Wildman–Crippen LogP) is 3.54. The van der Waals surface area contributed by atoms with E-state index >= 15 is 0 Å². The molecule has 1 aromatic carbocycles. The van der Waals surface area contributed by atoms with Crippen LogP contribution in [-0.4, -0.2) is 19.8 Å². The summed E-state index contributed by atoms with van der Waals surface area (Å²) in [5, 5.41) is 3.40. The van der Waals surface area contributed by atoms with Gasteiger partial charge < -0.3 is 14.8 Å². The van der Waals surface area contributed by atoms with Crippen molar-refractivity contribution in [1.29, 1.82) is 0 Å². The van der Waals surface area contributed by atoms with Crippen molar-refractivity contribution in [2.75, 3.05) is 13.7 Å². The lowest BCUT2D eigenvalue weighted by molar-refractivity contribution is 0.339. The Morgan fingerprint density at radius 3 is 2.68 bits per heavy atom. The number of nitrogens with one attached hydrogen (secondary N) is 1. The molecule has 0 aromatic heterocycles. The van der Waals surface area contributed by atoms with Crippen LogP contribution in [0, 0.1) is 0 Å². The largest absolute Gasteiger partial charge is 0.497 e. The molecule has 0 saturated heterocycles. The second-order valence-electron chi connectivity index (χ2n) is 4.90. The van der Waals surface area contributed by atoms with Gasteiger partial charge in [0.15, 0.2) is 0 Å². The van der Waals surface area contributed by atoms with E-state index in [1.807, 2.05) is 18.2 Å². The van der Waals surface area contributed by atoms with Crippen LogP contribution in [-0.2, 0) is 6.54 Å². The molecular weight excluding hydrogens is 238 g/mol. The van der Waals surface area contributed by atoms with Gasteiger partial charge in [-0.1, -0.05) is 33.4 Å². The molecule has 1 rings (SSSR count). The second kappa shape index (κ2) is 7.85. The molecule has 0 amide bonds. The molecule has 0 saturated carbocycles. The van der Waals surface area contributed by atoms with Crippen LogP contribution in [0.4, 0.5) is 0 Å². The highest BCUT2D eigenvalue weighted by atomic mass is 16.5. The fraction of sp³-hybridized carbons (Fsp3) is 0.500. The van der Waals surface area contributed by atoms with Crippen LogP contribution < -0.4 is 14.8 Å². The van der Waals surface area contributed by atoms with Crippen molar-refractivity contribution in [3.05, 3.63) is 35.9 Å². The first-order chi connectivity index (χ1) is 9.06. The Morgan fingerprint density at radius 1 is 1.37 bits per heavy atom. The maximum Gasteiger partial charge on any atom is 0.127 e. The van der Waals surface area contributed by atoms with E-state index in [-0.39, 0.29) is 0 Å². The third-order valence-electron chi connectivity index (χ3n) is 2.91. The zero-order chi connectivity index (χ0) is 14.3. The number of rotatable bonds is 8. The highest BCUT2D eigenvalue weighted by Gasteiger charge is 2.07. The number of hydrogen-bond donors (Lipinski definition) is 1. The maximum atomic E-state index is 5.85. The van der Waals surface area contributed by atoms with E-state index in [1.165, 1.54) is 0 Å². The Balaban J connectivity index is 2.79. The zero-order valence-electron chi connectivity index (χ0n) is 12.5. The first kappa shape index (κ1) is 15.6. The van der Waals surface area contributed by atoms with Crippen LogP contribution in [0.15, 0.2) is 30.4 Å². The standard InChI is InChI=1S/C16H25NO2/c1-6-13(4)11-19-16-9-15(18-5)8-7-14(16)10-17-12(2)3/h7-9,12,17H,4,6,10-11H2,1-3,5H3. The molecule has 0 atom stereocenters. The van der Waals surface area contributed by atoms with Crippen molar-refractivity contribution in [3.8, 4) is 11.5 Å². The van der Waals surface area contributed by atoms with Gasteiger partial charge >= 0.3 is 0 Å². The van der Waals surface area contributed by atoms with Gasteiger partial charge in [0, 0.05) is 24.2 Å². The van der Waals surface area contributed by atoms with Gasteiger partial charge in [0.25, 0.3) is 0 Å². The molecule has 0 aliphatic heterocycles. The monoisotopic (exact) mass is 263 g/mol. The molecule has 0 bridgehead atoms. The summed E-state index contributed by atoms with van der Waals surface area (Å²) in [6, 6.07) is 6.37. The van der Waals surface area contributed by atoms with Crippen molar-refractivity contribution in [2.45, 2.75) is 39.8 Å². The molecule has 0 aliphatic rings. The minimum absolute atomic E-state index is 0.445. The molecule has 3 nitrogen and oxygen atoms in total. The Kier molecular flexibility index (Phi) is 6.43. The van der Waals surface area contributed by atoms with E-state index in [1.54, 1.807) is 7.11 Å². The number of ether oxygens (including phenoxy) is 2. The van der Waals surface area contributed by atoms with Gasteiger partial charge in [0.1, 0.15) is 18.1 Å². The lowest BCUT2D eigenvalue weighted by Gasteiger charge is -2.15. The zero-order valence-corrected chi connectivity index (χ0v) is 12.5. The Morgan fingerprint density at radius 2 is 2.11 bits per heavy atom. The third kappa shape index (κ3) is 5.35. The minimum Gasteiger partial charge on any atom is -0.497 e. The fourth-order valence-electron chi connectivity index (χ4n) is 1.54. The van der Waals surface area contributed by atoms with Crippen LogP contribution in [0.1, 0.15) is 32.8 Å². The molecule has 0 fully saturated rings. The first-order valence-corrected chi connectivity index (χ1v) is 6.76. The smallest absolute Gasteiger partial charge is 0.127 e. The molecule has 106 valence electrons. The summed E-state index contributed by atoms with van der Waals surface area (Å²) in [4.78, 5) is 0. The Hall–Kier alpha value is -1.48. The molecule has 0 spiro atoms. The van der Waals surface area contributed by atoms with Crippen molar-refractivity contribution >= 4 is 0 Å². The molecule has 0 aliphatic carbocycles. The summed E-state index contributed by atoms with van der Waals surface area (Å²) in [5.41, 5.74) is 2.23. The average Bonchev–Trinajstić information content (AvgIpc) is 2.42. The average molecular weight is 263 g/mol. The van der Waals surface area contributed by atoms with Crippen LogP contribution in [0.2, 0.25) is 0 Å². The van der Waals surface area contributed by atoms with Gasteiger partial charge in [-0.2, -0.15) is 0 Å². The van der Waals surface area contributed by atoms with Gasteiger partial charge in [0.05, 0.1) is 7.11 Å². The molecular formula is C16H25NO2. The second-order valence-corrected chi connectivity index (χ2v) is 4.90. The van der Waals surface area contributed by atoms with E-state index in [0.717, 1.165) is 35.6 Å². The third-order valence-corrected chi connectivity index (χ3v) is 2.91. The SMILES string of the molecule is C=C(CC)COc1cc(OC)ccc1CNC(C)C. The molecule has 19 heavy (non-hydrogen) atoms. The highest BCUT2D eigenvalue weighted by Crippen LogP contribution is 2.25.